The van der Waals surface area contributed by atoms with Crippen molar-refractivity contribution >= 4 is 0 Å². The molecule has 3 heterocycles. The number of hydrogen-bond acceptors (Lipinski definition) is 7. The van der Waals surface area contributed by atoms with Gasteiger partial charge < -0.3 is 14.0 Å². The van der Waals surface area contributed by atoms with E-state index in [0.717, 1.165) is 11.3 Å². The first-order valence-corrected chi connectivity index (χ1v) is 10.3. The molecule has 0 amide bonds. The fourth-order valence-electron chi connectivity index (χ4n) is 3.91. The van der Waals surface area contributed by atoms with Crippen molar-refractivity contribution in [2.45, 2.75) is 40.0 Å². The normalized spacial score (nSPS) is 15.6. The highest BCUT2D eigenvalue weighted by molar-refractivity contribution is 5.65. The van der Waals surface area contributed by atoms with E-state index in [4.69, 9.17) is 14.0 Å². The van der Waals surface area contributed by atoms with E-state index in [1.54, 1.807) is 0 Å². The molecule has 158 valence electrons. The van der Waals surface area contributed by atoms with Gasteiger partial charge in [-0.3, -0.25) is 0 Å². The summed E-state index contributed by atoms with van der Waals surface area (Å²) in [5.74, 6) is 1.48. The number of fused-ring (bicyclic) bond motifs is 1. The van der Waals surface area contributed by atoms with Gasteiger partial charge in [-0.25, -0.2) is 4.68 Å². The summed E-state index contributed by atoms with van der Waals surface area (Å²) in [5.41, 5.74) is 5.76. The molecule has 8 nitrogen and oxygen atoms in total. The van der Waals surface area contributed by atoms with Gasteiger partial charge in [-0.2, -0.15) is 4.98 Å². The van der Waals surface area contributed by atoms with Gasteiger partial charge in [0, 0.05) is 0 Å². The largest absolute Gasteiger partial charge is 0.493 e. The summed E-state index contributed by atoms with van der Waals surface area (Å²) in [4.78, 5) is 4.55. The van der Waals surface area contributed by atoms with Crippen molar-refractivity contribution in [3.63, 3.8) is 0 Å². The average Bonchev–Trinajstić information content (AvgIpc) is 3.41. The quantitative estimate of drug-likeness (QED) is 0.479. The third-order valence-electron chi connectivity index (χ3n) is 5.43. The van der Waals surface area contributed by atoms with Crippen LogP contribution in [0.25, 0.3) is 23.0 Å². The van der Waals surface area contributed by atoms with Crippen LogP contribution in [0.5, 0.6) is 5.75 Å². The number of aromatic nitrogens is 5. The first kappa shape index (κ1) is 19.4. The van der Waals surface area contributed by atoms with Gasteiger partial charge in [0.1, 0.15) is 11.9 Å². The molecule has 1 atom stereocenters. The van der Waals surface area contributed by atoms with Crippen LogP contribution in [-0.4, -0.2) is 31.7 Å². The third-order valence-corrected chi connectivity index (χ3v) is 5.43. The summed E-state index contributed by atoms with van der Waals surface area (Å²) < 4.78 is 19.2. The van der Waals surface area contributed by atoms with Crippen LogP contribution >= 0.6 is 0 Å². The van der Waals surface area contributed by atoms with Crippen LogP contribution in [0.4, 0.5) is 0 Å². The van der Waals surface area contributed by atoms with Gasteiger partial charge in [0.2, 0.25) is 5.82 Å². The fraction of sp³-hybridized carbons (Fsp3) is 0.304. The predicted molar refractivity (Wildman–Crippen MR) is 113 cm³/mol. The van der Waals surface area contributed by atoms with Crippen molar-refractivity contribution in [2.75, 3.05) is 6.61 Å². The van der Waals surface area contributed by atoms with Crippen LogP contribution < -0.4 is 4.74 Å². The van der Waals surface area contributed by atoms with E-state index in [0.29, 0.717) is 42.9 Å². The molecule has 0 saturated carbocycles. The Labute approximate surface area is 179 Å². The molecule has 2 aromatic carbocycles. The second-order valence-electron chi connectivity index (χ2n) is 7.58. The first-order chi connectivity index (χ1) is 15.1. The molecular formula is C23H23N5O3. The Balaban J connectivity index is 1.42. The predicted octanol–water partition coefficient (Wildman–Crippen LogP) is 4.28. The Hall–Kier alpha value is -3.52. The van der Waals surface area contributed by atoms with E-state index in [1.165, 1.54) is 16.7 Å². The van der Waals surface area contributed by atoms with Crippen LogP contribution in [-0.2, 0) is 17.9 Å². The number of nitrogens with zero attached hydrogens (tertiary/aromatic N) is 5. The third kappa shape index (κ3) is 3.59. The smallest absolute Gasteiger partial charge is 0.280 e. The van der Waals surface area contributed by atoms with Crippen molar-refractivity contribution in [1.29, 1.82) is 0 Å². The maximum Gasteiger partial charge on any atom is 0.280 e. The minimum absolute atomic E-state index is 0.0704. The highest BCUT2D eigenvalue weighted by atomic mass is 16.5. The summed E-state index contributed by atoms with van der Waals surface area (Å²) in [6.07, 6.45) is -0.0704. The Morgan fingerprint density at radius 2 is 2.03 bits per heavy atom. The minimum Gasteiger partial charge on any atom is -0.493 e. The molecule has 0 saturated heterocycles. The minimum atomic E-state index is -0.0704. The fourth-order valence-corrected chi connectivity index (χ4v) is 3.91. The first-order valence-electron chi connectivity index (χ1n) is 10.3. The number of rotatable bonds is 5. The van der Waals surface area contributed by atoms with Gasteiger partial charge in [0.25, 0.3) is 5.89 Å². The maximum atomic E-state index is 6.16. The molecule has 0 N–H and O–H groups in total. The number of hydrogen-bond donors (Lipinski definition) is 0. The van der Waals surface area contributed by atoms with Gasteiger partial charge in [-0.15, -0.1) is 5.10 Å². The second-order valence-corrected chi connectivity index (χ2v) is 7.58. The van der Waals surface area contributed by atoms with Gasteiger partial charge in [-0.1, -0.05) is 46.3 Å². The number of benzene rings is 2. The van der Waals surface area contributed by atoms with Gasteiger partial charge in [0.15, 0.2) is 5.69 Å². The van der Waals surface area contributed by atoms with Crippen LogP contribution in [0.1, 0.15) is 35.4 Å². The molecular weight excluding hydrogens is 394 g/mol. The maximum absolute atomic E-state index is 6.16. The van der Waals surface area contributed by atoms with Gasteiger partial charge >= 0.3 is 0 Å². The number of para-hydroxylation sites is 1. The zero-order valence-electron chi connectivity index (χ0n) is 17.7. The number of aryl methyl sites for hydroxylation is 2. The SMILES string of the molecule is CCOc1ccccc1-c1noc(-c2nnn3c2CO[C@H](c2ccc(C)cc2C)C3)n1. The van der Waals surface area contributed by atoms with E-state index in [-0.39, 0.29) is 6.10 Å². The summed E-state index contributed by atoms with van der Waals surface area (Å²) in [6.45, 7) is 7.64. The Kier molecular flexibility index (Phi) is 4.99. The van der Waals surface area contributed by atoms with E-state index < -0.39 is 0 Å². The summed E-state index contributed by atoms with van der Waals surface area (Å²) >= 11 is 0. The standard InChI is InChI=1S/C23H23N5O3/c1-4-29-19-8-6-5-7-17(19)22-24-23(31-26-22)21-18-13-30-20(12-28(18)27-25-21)16-10-9-14(2)11-15(16)3/h5-11,20H,4,12-13H2,1-3H3/t20-/m0/s1. The molecule has 1 aliphatic heterocycles. The van der Waals surface area contributed by atoms with Crippen molar-refractivity contribution in [2.24, 2.45) is 0 Å². The molecule has 0 aliphatic carbocycles. The number of ether oxygens (including phenoxy) is 2. The van der Waals surface area contributed by atoms with E-state index >= 15 is 0 Å². The molecule has 1 aliphatic rings. The molecule has 0 spiro atoms. The Morgan fingerprint density at radius 3 is 2.87 bits per heavy atom. The highest BCUT2D eigenvalue weighted by Crippen LogP contribution is 2.33. The summed E-state index contributed by atoms with van der Waals surface area (Å²) in [6, 6.07) is 14.0. The van der Waals surface area contributed by atoms with E-state index in [2.05, 4.69) is 52.5 Å². The van der Waals surface area contributed by atoms with Crippen molar-refractivity contribution in [3.8, 4) is 28.7 Å². The second kappa shape index (κ2) is 7.96. The molecule has 4 aromatic rings. The Morgan fingerprint density at radius 1 is 1.16 bits per heavy atom. The van der Waals surface area contributed by atoms with Crippen LogP contribution in [0.15, 0.2) is 47.0 Å². The van der Waals surface area contributed by atoms with Crippen LogP contribution in [0.3, 0.4) is 0 Å². The zero-order chi connectivity index (χ0) is 21.4. The lowest BCUT2D eigenvalue weighted by atomic mass is 10.0. The highest BCUT2D eigenvalue weighted by Gasteiger charge is 2.29. The topological polar surface area (TPSA) is 88.1 Å². The average molecular weight is 417 g/mol. The van der Waals surface area contributed by atoms with Crippen LogP contribution in [0.2, 0.25) is 0 Å². The van der Waals surface area contributed by atoms with E-state index in [1.807, 2.05) is 35.9 Å². The Bertz CT molecular complexity index is 1230. The molecule has 0 unspecified atom stereocenters. The molecule has 5 rings (SSSR count). The lowest BCUT2D eigenvalue weighted by Gasteiger charge is -2.25. The molecule has 0 radical (unpaired) electrons. The molecule has 8 heteroatoms. The molecule has 2 aromatic heterocycles. The van der Waals surface area contributed by atoms with Crippen molar-refractivity contribution < 1.29 is 14.0 Å². The van der Waals surface area contributed by atoms with Crippen molar-refractivity contribution in [1.82, 2.24) is 25.1 Å². The van der Waals surface area contributed by atoms with E-state index in [9.17, 15) is 0 Å². The zero-order valence-corrected chi connectivity index (χ0v) is 17.7. The van der Waals surface area contributed by atoms with Crippen molar-refractivity contribution in [3.05, 3.63) is 64.8 Å². The molecule has 0 fully saturated rings. The lowest BCUT2D eigenvalue weighted by Crippen LogP contribution is -2.22. The monoisotopic (exact) mass is 417 g/mol. The summed E-state index contributed by atoms with van der Waals surface area (Å²) in [5, 5.41) is 12.8. The summed E-state index contributed by atoms with van der Waals surface area (Å²) in [7, 11) is 0. The lowest BCUT2D eigenvalue weighted by molar-refractivity contribution is -0.00153. The molecule has 31 heavy (non-hydrogen) atoms. The van der Waals surface area contributed by atoms with Gasteiger partial charge in [-0.05, 0) is 44.0 Å². The molecule has 0 bridgehead atoms. The van der Waals surface area contributed by atoms with Crippen LogP contribution in [0, 0.1) is 13.8 Å². The van der Waals surface area contributed by atoms with Gasteiger partial charge in [0.05, 0.1) is 31.0 Å².